The molecular weight excluding hydrogens is 158 g/mol. The number of ether oxygens (including phenoxy) is 2. The van der Waals surface area contributed by atoms with Crippen molar-refractivity contribution in [2.75, 3.05) is 19.8 Å². The molecular formula is C8H16NO3. The second-order valence-corrected chi connectivity index (χ2v) is 2.46. The van der Waals surface area contributed by atoms with E-state index in [4.69, 9.17) is 10.5 Å². The molecule has 0 saturated heterocycles. The molecule has 0 spiro atoms. The van der Waals surface area contributed by atoms with Crippen LogP contribution < -0.4 is 5.73 Å². The van der Waals surface area contributed by atoms with Crippen LogP contribution in [0.5, 0.6) is 0 Å². The summed E-state index contributed by atoms with van der Waals surface area (Å²) in [6.45, 7) is 3.76. The molecule has 0 bridgehead atoms. The lowest BCUT2D eigenvalue weighted by molar-refractivity contribution is 0.102. The van der Waals surface area contributed by atoms with E-state index >= 15 is 0 Å². The van der Waals surface area contributed by atoms with E-state index in [1.807, 2.05) is 0 Å². The van der Waals surface area contributed by atoms with Crippen molar-refractivity contribution in [3.05, 3.63) is 0 Å². The zero-order chi connectivity index (χ0) is 9.23. The number of amides is 1. The number of rotatable bonds is 7. The number of carbonyl (C=O) groups excluding carboxylic acids is 1. The fraction of sp³-hybridized carbons (Fsp3) is 0.875. The van der Waals surface area contributed by atoms with Crippen molar-refractivity contribution in [2.24, 2.45) is 0 Å². The van der Waals surface area contributed by atoms with E-state index in [9.17, 15) is 4.79 Å². The smallest absolute Gasteiger partial charge is 0.426 e. The van der Waals surface area contributed by atoms with E-state index in [-0.39, 0.29) is 6.61 Å². The highest BCUT2D eigenvalue weighted by molar-refractivity contribution is 5.63. The van der Waals surface area contributed by atoms with Gasteiger partial charge in [-0.15, -0.1) is 0 Å². The van der Waals surface area contributed by atoms with Gasteiger partial charge in [0.05, 0.1) is 6.61 Å². The first kappa shape index (κ1) is 11.2. The molecule has 0 atom stereocenters. The van der Waals surface area contributed by atoms with Crippen molar-refractivity contribution in [2.45, 2.75) is 26.2 Å². The lowest BCUT2D eigenvalue weighted by Crippen LogP contribution is -2.06. The molecule has 0 aromatic rings. The van der Waals surface area contributed by atoms with Gasteiger partial charge in [0.15, 0.2) is 0 Å². The second kappa shape index (κ2) is 8.33. The molecule has 0 aromatic heterocycles. The Hall–Kier alpha value is -0.770. The predicted octanol–water partition coefficient (Wildman–Crippen LogP) is 1.61. The van der Waals surface area contributed by atoms with Crippen LogP contribution in [0.1, 0.15) is 26.2 Å². The van der Waals surface area contributed by atoms with Gasteiger partial charge in [0.2, 0.25) is 0 Å². The normalized spacial score (nSPS) is 9.75. The Labute approximate surface area is 73.0 Å². The maximum absolute atomic E-state index is 9.98. The third kappa shape index (κ3) is 9.23. The number of hydrogen-bond donors (Lipinski definition) is 0. The van der Waals surface area contributed by atoms with Gasteiger partial charge in [-0.3, -0.25) is 0 Å². The Bertz CT molecular complexity index is 117. The van der Waals surface area contributed by atoms with Crippen molar-refractivity contribution in [3.8, 4) is 0 Å². The van der Waals surface area contributed by atoms with E-state index in [0.717, 1.165) is 19.4 Å². The molecule has 0 aliphatic heterocycles. The molecule has 1 N–H and O–H groups in total. The topological polar surface area (TPSA) is 59.3 Å². The SMILES string of the molecule is CCCCOCCCOC([NH])=O. The number of nitrogens with one attached hydrogen (secondary N) is 1. The minimum Gasteiger partial charge on any atom is -0.448 e. The molecule has 0 fully saturated rings. The van der Waals surface area contributed by atoms with Crippen LogP contribution in [0.15, 0.2) is 0 Å². The molecule has 0 rings (SSSR count). The monoisotopic (exact) mass is 174 g/mol. The zero-order valence-corrected chi connectivity index (χ0v) is 7.47. The average molecular weight is 174 g/mol. The predicted molar refractivity (Wildman–Crippen MR) is 44.8 cm³/mol. The molecule has 0 aromatic carbocycles. The molecule has 0 saturated carbocycles. The summed E-state index contributed by atoms with van der Waals surface area (Å²) in [5, 5.41) is 0. The van der Waals surface area contributed by atoms with Crippen LogP contribution >= 0.6 is 0 Å². The van der Waals surface area contributed by atoms with Gasteiger partial charge in [0.1, 0.15) is 0 Å². The van der Waals surface area contributed by atoms with E-state index in [0.29, 0.717) is 13.0 Å². The first-order chi connectivity index (χ1) is 5.77. The van der Waals surface area contributed by atoms with Gasteiger partial charge >= 0.3 is 6.09 Å². The Balaban J connectivity index is 2.86. The van der Waals surface area contributed by atoms with E-state index in [2.05, 4.69) is 11.7 Å². The third-order valence-electron chi connectivity index (χ3n) is 1.31. The maximum atomic E-state index is 9.98. The second-order valence-electron chi connectivity index (χ2n) is 2.46. The van der Waals surface area contributed by atoms with Gasteiger partial charge in [-0.1, -0.05) is 13.3 Å². The van der Waals surface area contributed by atoms with Crippen LogP contribution in [0, 0.1) is 0 Å². The van der Waals surface area contributed by atoms with Crippen LogP contribution in [-0.2, 0) is 9.47 Å². The first-order valence-electron chi connectivity index (χ1n) is 4.23. The van der Waals surface area contributed by atoms with Gasteiger partial charge in [0.25, 0.3) is 0 Å². The fourth-order valence-corrected chi connectivity index (χ4v) is 0.674. The summed E-state index contributed by atoms with van der Waals surface area (Å²) >= 11 is 0. The van der Waals surface area contributed by atoms with Crippen LogP contribution in [0.2, 0.25) is 0 Å². The van der Waals surface area contributed by atoms with Gasteiger partial charge in [0, 0.05) is 19.6 Å². The largest absolute Gasteiger partial charge is 0.448 e. The maximum Gasteiger partial charge on any atom is 0.426 e. The molecule has 12 heavy (non-hydrogen) atoms. The lowest BCUT2D eigenvalue weighted by Gasteiger charge is -2.02. The summed E-state index contributed by atoms with van der Waals surface area (Å²) in [6.07, 6.45) is 1.90. The number of hydrogen-bond acceptors (Lipinski definition) is 3. The van der Waals surface area contributed by atoms with Crippen LogP contribution in [-0.4, -0.2) is 25.9 Å². The summed E-state index contributed by atoms with van der Waals surface area (Å²) in [4.78, 5) is 9.98. The summed E-state index contributed by atoms with van der Waals surface area (Å²) in [7, 11) is 0. The molecule has 1 radical (unpaired) electrons. The Morgan fingerprint density at radius 3 is 2.50 bits per heavy atom. The minimum absolute atomic E-state index is 0.286. The highest BCUT2D eigenvalue weighted by Gasteiger charge is 1.93. The molecule has 0 aliphatic carbocycles. The molecule has 0 aliphatic rings. The number of unbranched alkanes of at least 4 members (excludes halogenated alkanes) is 1. The Morgan fingerprint density at radius 1 is 1.25 bits per heavy atom. The van der Waals surface area contributed by atoms with Crippen molar-refractivity contribution >= 4 is 6.09 Å². The zero-order valence-electron chi connectivity index (χ0n) is 7.47. The molecule has 4 nitrogen and oxygen atoms in total. The fourth-order valence-electron chi connectivity index (χ4n) is 0.674. The summed E-state index contributed by atoms with van der Waals surface area (Å²) in [5.41, 5.74) is 6.42. The van der Waals surface area contributed by atoms with Crippen molar-refractivity contribution in [1.29, 1.82) is 0 Å². The van der Waals surface area contributed by atoms with E-state index in [1.54, 1.807) is 0 Å². The van der Waals surface area contributed by atoms with Crippen LogP contribution in [0.4, 0.5) is 4.79 Å². The van der Waals surface area contributed by atoms with Crippen molar-refractivity contribution in [1.82, 2.24) is 5.73 Å². The summed E-state index contributed by atoms with van der Waals surface area (Å²) < 4.78 is 9.60. The van der Waals surface area contributed by atoms with E-state index < -0.39 is 6.09 Å². The molecule has 4 heteroatoms. The average Bonchev–Trinajstić information content (AvgIpc) is 2.02. The van der Waals surface area contributed by atoms with Crippen LogP contribution in [0.25, 0.3) is 0 Å². The van der Waals surface area contributed by atoms with Gasteiger partial charge in [-0.2, -0.15) is 0 Å². The van der Waals surface area contributed by atoms with Gasteiger partial charge in [-0.25, -0.2) is 10.5 Å². The highest BCUT2D eigenvalue weighted by atomic mass is 16.5. The Kier molecular flexibility index (Phi) is 7.79. The van der Waals surface area contributed by atoms with E-state index in [1.165, 1.54) is 0 Å². The molecule has 0 unspecified atom stereocenters. The van der Waals surface area contributed by atoms with Crippen molar-refractivity contribution in [3.63, 3.8) is 0 Å². The van der Waals surface area contributed by atoms with Crippen molar-refractivity contribution < 1.29 is 14.3 Å². The summed E-state index contributed by atoms with van der Waals surface area (Å²) in [5.74, 6) is 0. The van der Waals surface area contributed by atoms with Gasteiger partial charge in [-0.05, 0) is 6.42 Å². The minimum atomic E-state index is -0.969. The molecule has 71 valence electrons. The standard InChI is InChI=1S/C8H16NO3/c1-2-3-5-11-6-4-7-12-8(9)10/h9H,2-7H2,1H3. The number of carbonyl (C=O) groups is 1. The third-order valence-corrected chi connectivity index (χ3v) is 1.31. The molecule has 1 amide bonds. The highest BCUT2D eigenvalue weighted by Crippen LogP contribution is 1.90. The first-order valence-corrected chi connectivity index (χ1v) is 4.23. The molecule has 0 heterocycles. The van der Waals surface area contributed by atoms with Crippen LogP contribution in [0.3, 0.4) is 0 Å². The lowest BCUT2D eigenvalue weighted by atomic mass is 10.4. The quantitative estimate of drug-likeness (QED) is 0.551. The summed E-state index contributed by atoms with van der Waals surface area (Å²) in [6, 6.07) is 0. The Morgan fingerprint density at radius 2 is 1.92 bits per heavy atom. The van der Waals surface area contributed by atoms with Gasteiger partial charge < -0.3 is 9.47 Å².